The second-order valence-electron chi connectivity index (χ2n) is 9.69. The van der Waals surface area contributed by atoms with Gasteiger partial charge in [-0.3, -0.25) is 14.7 Å². The molecule has 3 aliphatic heterocycles. The largest absolute Gasteiger partial charge is 0.416 e. The van der Waals surface area contributed by atoms with Crippen molar-refractivity contribution in [2.75, 3.05) is 63.2 Å². The zero-order valence-corrected chi connectivity index (χ0v) is 21.2. The number of alkyl halides is 3. The maximum absolute atomic E-state index is 13.5. The number of aliphatic hydroxyl groups excluding tert-OH is 1. The molecular weight excluding hydrogens is 499 g/mol. The highest BCUT2D eigenvalue weighted by molar-refractivity contribution is 5.98. The van der Waals surface area contributed by atoms with Crippen molar-refractivity contribution in [3.63, 3.8) is 0 Å². The second kappa shape index (κ2) is 10.9. The van der Waals surface area contributed by atoms with Gasteiger partial charge in [-0.15, -0.1) is 0 Å². The predicted octanol–water partition coefficient (Wildman–Crippen LogP) is 3.63. The summed E-state index contributed by atoms with van der Waals surface area (Å²) < 4.78 is 45.8. The van der Waals surface area contributed by atoms with Crippen molar-refractivity contribution in [1.82, 2.24) is 15.1 Å². The number of morpholine rings is 1. The molecule has 0 aliphatic carbocycles. The van der Waals surface area contributed by atoms with E-state index in [4.69, 9.17) is 4.74 Å². The van der Waals surface area contributed by atoms with E-state index in [9.17, 15) is 23.1 Å². The van der Waals surface area contributed by atoms with Crippen molar-refractivity contribution >= 4 is 17.4 Å². The number of rotatable bonds is 7. The number of aliphatic hydroxyl groups is 1. The molecule has 3 N–H and O–H groups in total. The number of nitrogens with zero attached hydrogens (tertiary/aromatic N) is 3. The van der Waals surface area contributed by atoms with Crippen molar-refractivity contribution in [3.8, 4) is 0 Å². The van der Waals surface area contributed by atoms with E-state index in [1.165, 1.54) is 17.0 Å². The van der Waals surface area contributed by atoms with Crippen LogP contribution in [0.3, 0.4) is 0 Å². The molecule has 0 bridgehead atoms. The summed E-state index contributed by atoms with van der Waals surface area (Å²) in [6, 6.07) is 11.1. The van der Waals surface area contributed by atoms with Crippen molar-refractivity contribution in [3.05, 3.63) is 70.9 Å². The zero-order chi connectivity index (χ0) is 26.9. The molecule has 1 unspecified atom stereocenters. The molecule has 3 heterocycles. The van der Waals surface area contributed by atoms with Gasteiger partial charge in [0.15, 0.2) is 0 Å². The summed E-state index contributed by atoms with van der Waals surface area (Å²) in [7, 11) is 1.81. The van der Waals surface area contributed by atoms with Crippen LogP contribution in [0.2, 0.25) is 0 Å². The molecule has 0 saturated carbocycles. The van der Waals surface area contributed by atoms with Crippen molar-refractivity contribution in [1.29, 1.82) is 0 Å². The zero-order valence-electron chi connectivity index (χ0n) is 21.2. The smallest absolute Gasteiger partial charge is 0.388 e. The lowest BCUT2D eigenvalue weighted by molar-refractivity contribution is -0.137. The van der Waals surface area contributed by atoms with Crippen LogP contribution < -0.4 is 15.5 Å². The van der Waals surface area contributed by atoms with Crippen molar-refractivity contribution in [2.45, 2.75) is 24.9 Å². The summed E-state index contributed by atoms with van der Waals surface area (Å²) in [6.45, 7) is 4.80. The number of anilines is 2. The monoisotopic (exact) mass is 531 g/mol. The van der Waals surface area contributed by atoms with E-state index in [-0.39, 0.29) is 12.2 Å². The quantitative estimate of drug-likeness (QED) is 0.507. The van der Waals surface area contributed by atoms with Gasteiger partial charge in [0.2, 0.25) is 0 Å². The second-order valence-corrected chi connectivity index (χ2v) is 9.69. The number of hydrogen-bond donors (Lipinski definition) is 3. The molecule has 2 aromatic rings. The molecule has 11 heteroatoms. The van der Waals surface area contributed by atoms with E-state index >= 15 is 0 Å². The minimum absolute atomic E-state index is 0.108. The summed E-state index contributed by atoms with van der Waals surface area (Å²) in [5, 5.41) is 17.4. The van der Waals surface area contributed by atoms with Gasteiger partial charge >= 0.3 is 12.2 Å². The van der Waals surface area contributed by atoms with Crippen LogP contribution in [-0.2, 0) is 10.9 Å². The molecule has 8 nitrogen and oxygen atoms in total. The van der Waals surface area contributed by atoms with Crippen LogP contribution in [0.25, 0.3) is 0 Å². The molecule has 0 radical (unpaired) electrons. The first-order valence-electron chi connectivity index (χ1n) is 12.8. The number of benzene rings is 2. The van der Waals surface area contributed by atoms with E-state index in [1.54, 1.807) is 7.05 Å². The van der Waals surface area contributed by atoms with Crippen LogP contribution in [0.1, 0.15) is 23.6 Å². The molecule has 2 aromatic carbocycles. The number of ether oxygens (including phenoxy) is 1. The molecular formula is C27H32F3N5O3. The van der Waals surface area contributed by atoms with E-state index in [0.717, 1.165) is 49.4 Å². The summed E-state index contributed by atoms with van der Waals surface area (Å²) >= 11 is 0. The van der Waals surface area contributed by atoms with Gasteiger partial charge in [-0.2, -0.15) is 13.2 Å². The molecule has 2 amide bonds. The van der Waals surface area contributed by atoms with Crippen LogP contribution in [0.15, 0.2) is 59.8 Å². The first-order valence-corrected chi connectivity index (χ1v) is 12.8. The lowest BCUT2D eigenvalue weighted by Gasteiger charge is -2.35. The Labute approximate surface area is 219 Å². The number of carbonyl (C=O) groups is 1. The van der Waals surface area contributed by atoms with Gasteiger partial charge in [-0.1, -0.05) is 18.2 Å². The lowest BCUT2D eigenvalue weighted by Crippen LogP contribution is -2.47. The molecule has 5 rings (SSSR count). The van der Waals surface area contributed by atoms with Gasteiger partial charge in [-0.25, -0.2) is 4.79 Å². The lowest BCUT2D eigenvalue weighted by atomic mass is 9.94. The predicted molar refractivity (Wildman–Crippen MR) is 138 cm³/mol. The third-order valence-electron chi connectivity index (χ3n) is 7.35. The van der Waals surface area contributed by atoms with Crippen LogP contribution >= 0.6 is 0 Å². The highest BCUT2D eigenvalue weighted by atomic mass is 19.4. The topological polar surface area (TPSA) is 80.3 Å². The Morgan fingerprint density at radius 1 is 1.11 bits per heavy atom. The third kappa shape index (κ3) is 5.37. The van der Waals surface area contributed by atoms with E-state index in [0.29, 0.717) is 31.0 Å². The van der Waals surface area contributed by atoms with Gasteiger partial charge in [-0.05, 0) is 48.9 Å². The Morgan fingerprint density at radius 3 is 2.53 bits per heavy atom. The molecule has 38 heavy (non-hydrogen) atoms. The van der Waals surface area contributed by atoms with Gasteiger partial charge in [0, 0.05) is 50.2 Å². The number of halogens is 3. The summed E-state index contributed by atoms with van der Waals surface area (Å²) in [5.74, 6) is 0. The Morgan fingerprint density at radius 2 is 1.84 bits per heavy atom. The molecule has 0 aromatic heterocycles. The number of amides is 2. The van der Waals surface area contributed by atoms with Gasteiger partial charge < -0.3 is 20.5 Å². The van der Waals surface area contributed by atoms with Crippen LogP contribution in [0.5, 0.6) is 0 Å². The summed E-state index contributed by atoms with van der Waals surface area (Å²) in [5.41, 5.74) is 2.03. The average molecular weight is 532 g/mol. The maximum Gasteiger partial charge on any atom is 0.416 e. The highest BCUT2D eigenvalue weighted by Crippen LogP contribution is 2.41. The normalized spacial score (nSPS) is 23.0. The van der Waals surface area contributed by atoms with Gasteiger partial charge in [0.25, 0.3) is 0 Å². The molecule has 204 valence electrons. The minimum Gasteiger partial charge on any atom is -0.388 e. The molecule has 3 aliphatic rings. The van der Waals surface area contributed by atoms with Crippen LogP contribution in [-0.4, -0.2) is 80.2 Å². The Balaban J connectivity index is 1.45. The fraction of sp³-hybridized carbons (Fsp3) is 0.444. The van der Waals surface area contributed by atoms with E-state index in [1.807, 2.05) is 29.2 Å². The molecule has 2 atom stereocenters. The summed E-state index contributed by atoms with van der Waals surface area (Å²) in [6.07, 6.45) is -4.74. The molecule has 1 fully saturated rings. The van der Waals surface area contributed by atoms with E-state index < -0.39 is 30.0 Å². The van der Waals surface area contributed by atoms with Crippen molar-refractivity contribution in [2.24, 2.45) is 0 Å². The Bertz CT molecular complexity index is 1180. The van der Waals surface area contributed by atoms with E-state index in [2.05, 4.69) is 15.5 Å². The van der Waals surface area contributed by atoms with Crippen molar-refractivity contribution < 1.29 is 27.8 Å². The average Bonchev–Trinajstić information content (AvgIpc) is 3.24. The minimum atomic E-state index is -4.54. The fourth-order valence-corrected chi connectivity index (χ4v) is 5.34. The number of urea groups is 1. The third-order valence-corrected chi connectivity index (χ3v) is 7.35. The molecule has 0 spiro atoms. The van der Waals surface area contributed by atoms with Crippen LogP contribution in [0.4, 0.5) is 29.3 Å². The SMILES string of the molecule is CNc1ccc([C@H]2NC(=O)N(c3cccc(C(F)(F)F)c3)C3=C2C(O)N(CCCN2CCOCC2)C3)cc1. The number of nitrogens with one attached hydrogen (secondary N) is 2. The maximum atomic E-state index is 13.5. The van der Waals surface area contributed by atoms with Gasteiger partial charge in [0.05, 0.1) is 30.5 Å². The summed E-state index contributed by atoms with van der Waals surface area (Å²) in [4.78, 5) is 18.9. The molecule has 1 saturated heterocycles. The number of carbonyl (C=O) groups excluding carboxylic acids is 1. The Hall–Kier alpha value is -3.12. The number of hydrogen-bond acceptors (Lipinski definition) is 6. The first kappa shape index (κ1) is 26.5. The first-order chi connectivity index (χ1) is 18.3. The fourth-order valence-electron chi connectivity index (χ4n) is 5.34. The van der Waals surface area contributed by atoms with Crippen LogP contribution in [0, 0.1) is 0 Å². The standard InChI is InChI=1S/C27H32F3N5O3/c1-31-20-8-6-18(7-9-20)24-23-22(17-34(25(23)36)11-3-10-33-12-14-38-15-13-33)35(26(37)32-24)21-5-2-4-19(16-21)27(28,29)30/h2,4-9,16,24-25,31,36H,3,10-15,17H2,1H3,(H,32,37)/t24-,25?/m1/s1. The van der Waals surface area contributed by atoms with Gasteiger partial charge in [0.1, 0.15) is 6.23 Å². The highest BCUT2D eigenvalue weighted by Gasteiger charge is 2.45. The Kier molecular flexibility index (Phi) is 7.62.